The molecule has 0 saturated heterocycles. The minimum atomic E-state index is -0.913. The first-order chi connectivity index (χ1) is 11.3. The van der Waals surface area contributed by atoms with E-state index in [9.17, 15) is 9.18 Å². The second-order valence-electron chi connectivity index (χ2n) is 5.28. The van der Waals surface area contributed by atoms with E-state index in [1.54, 1.807) is 31.3 Å². The van der Waals surface area contributed by atoms with Gasteiger partial charge in [-0.25, -0.2) is 4.39 Å². The molecule has 2 N–H and O–H groups in total. The van der Waals surface area contributed by atoms with Crippen LogP contribution >= 0.6 is 31.9 Å². The van der Waals surface area contributed by atoms with Gasteiger partial charge in [-0.05, 0) is 74.2 Å². The zero-order valence-electron chi connectivity index (χ0n) is 13.1. The van der Waals surface area contributed by atoms with Crippen LogP contribution in [0, 0.1) is 12.7 Å². The number of anilines is 1. The third-order valence-electron chi connectivity index (χ3n) is 3.35. The maximum atomic E-state index is 14.3. The number of aryl methyl sites for hydroxylation is 1. The number of hydrogen-bond acceptors (Lipinski definition) is 3. The maximum Gasteiger partial charge on any atom is 0.307 e. The van der Waals surface area contributed by atoms with Gasteiger partial charge in [0.1, 0.15) is 12.4 Å². The second kappa shape index (κ2) is 7.98. The smallest absolute Gasteiger partial charge is 0.307 e. The molecular weight excluding hydrogens is 445 g/mol. The summed E-state index contributed by atoms with van der Waals surface area (Å²) in [4.78, 5) is 10.8. The topological polar surface area (TPSA) is 58.6 Å². The van der Waals surface area contributed by atoms with Crippen molar-refractivity contribution in [1.29, 1.82) is 0 Å². The van der Waals surface area contributed by atoms with Gasteiger partial charge >= 0.3 is 5.97 Å². The first-order valence-corrected chi connectivity index (χ1v) is 8.69. The van der Waals surface area contributed by atoms with Gasteiger partial charge < -0.3 is 15.2 Å². The number of nitrogens with one attached hydrogen (secondary N) is 1. The van der Waals surface area contributed by atoms with Crippen LogP contribution in [0.3, 0.4) is 0 Å². The molecule has 0 saturated carbocycles. The minimum absolute atomic E-state index is 0.0532. The van der Waals surface area contributed by atoms with Gasteiger partial charge in [0.2, 0.25) is 0 Å². The van der Waals surface area contributed by atoms with Crippen LogP contribution in [0.5, 0.6) is 5.75 Å². The molecule has 0 bridgehead atoms. The second-order valence-corrected chi connectivity index (χ2v) is 6.99. The van der Waals surface area contributed by atoms with Crippen LogP contribution in [0.1, 0.15) is 16.7 Å². The van der Waals surface area contributed by atoms with Crippen molar-refractivity contribution in [3.05, 3.63) is 55.7 Å². The van der Waals surface area contributed by atoms with Crippen molar-refractivity contribution in [2.24, 2.45) is 0 Å². The lowest BCUT2D eigenvalue weighted by molar-refractivity contribution is -0.136. The van der Waals surface area contributed by atoms with E-state index in [1.165, 1.54) is 0 Å². The molecule has 2 rings (SSSR count). The van der Waals surface area contributed by atoms with Crippen molar-refractivity contribution in [3.63, 3.8) is 0 Å². The molecule has 0 aliphatic carbocycles. The zero-order valence-corrected chi connectivity index (χ0v) is 16.3. The van der Waals surface area contributed by atoms with Crippen molar-refractivity contribution in [3.8, 4) is 5.75 Å². The first-order valence-electron chi connectivity index (χ1n) is 7.11. The van der Waals surface area contributed by atoms with E-state index >= 15 is 0 Å². The highest BCUT2D eigenvalue weighted by Gasteiger charge is 2.14. The highest BCUT2D eigenvalue weighted by Crippen LogP contribution is 2.36. The van der Waals surface area contributed by atoms with E-state index in [2.05, 4.69) is 37.2 Å². The van der Waals surface area contributed by atoms with Gasteiger partial charge in [-0.3, -0.25) is 4.79 Å². The molecule has 2 aromatic carbocycles. The Morgan fingerprint density at radius 1 is 1.25 bits per heavy atom. The highest BCUT2D eigenvalue weighted by atomic mass is 79.9. The summed E-state index contributed by atoms with van der Waals surface area (Å²) in [6, 6.07) is 6.82. The summed E-state index contributed by atoms with van der Waals surface area (Å²) < 4.78 is 21.3. The van der Waals surface area contributed by atoms with Gasteiger partial charge in [-0.1, -0.05) is 0 Å². The van der Waals surface area contributed by atoms with Gasteiger partial charge in [0.15, 0.2) is 5.82 Å². The Bertz CT molecular complexity index is 758. The minimum Gasteiger partial charge on any atom is -0.486 e. The molecular formula is C17H16Br2FNO3. The Kier molecular flexibility index (Phi) is 6.23. The molecule has 2 aromatic rings. The van der Waals surface area contributed by atoms with Gasteiger partial charge in [-0.15, -0.1) is 0 Å². The number of hydrogen-bond donors (Lipinski definition) is 2. The maximum absolute atomic E-state index is 14.3. The standard InChI is InChI=1S/C17H16Br2FNO3/c1-9-3-11(16(20)14(4-9)21-2)8-24-17-12(18)5-10(6-13(17)19)7-15(22)23/h3-6,21H,7-8H2,1-2H3,(H,22,23). The first kappa shape index (κ1) is 18.7. The largest absolute Gasteiger partial charge is 0.486 e. The summed E-state index contributed by atoms with van der Waals surface area (Å²) in [5.41, 5.74) is 2.42. The molecule has 0 spiro atoms. The number of carbonyl (C=O) groups is 1. The van der Waals surface area contributed by atoms with E-state index in [4.69, 9.17) is 9.84 Å². The summed E-state index contributed by atoms with van der Waals surface area (Å²) in [7, 11) is 1.66. The van der Waals surface area contributed by atoms with E-state index in [-0.39, 0.29) is 18.8 Å². The van der Waals surface area contributed by atoms with E-state index in [1.807, 2.05) is 6.92 Å². The summed E-state index contributed by atoms with van der Waals surface area (Å²) >= 11 is 6.74. The Morgan fingerprint density at radius 3 is 2.42 bits per heavy atom. The van der Waals surface area contributed by atoms with Crippen molar-refractivity contribution < 1.29 is 19.0 Å². The van der Waals surface area contributed by atoms with Crippen molar-refractivity contribution >= 4 is 43.5 Å². The zero-order chi connectivity index (χ0) is 17.9. The van der Waals surface area contributed by atoms with E-state index in [0.29, 0.717) is 31.5 Å². The molecule has 24 heavy (non-hydrogen) atoms. The lowest BCUT2D eigenvalue weighted by atomic mass is 10.1. The lowest BCUT2D eigenvalue weighted by Crippen LogP contribution is -2.04. The molecule has 0 atom stereocenters. The lowest BCUT2D eigenvalue weighted by Gasteiger charge is -2.14. The molecule has 0 aliphatic heterocycles. The number of benzene rings is 2. The van der Waals surface area contributed by atoms with Crippen molar-refractivity contribution in [2.45, 2.75) is 20.0 Å². The normalized spacial score (nSPS) is 10.5. The molecule has 0 heterocycles. The molecule has 0 unspecified atom stereocenters. The number of aliphatic carboxylic acids is 1. The molecule has 0 amide bonds. The van der Waals surface area contributed by atoms with Gasteiger partial charge in [0.05, 0.1) is 21.1 Å². The van der Waals surface area contributed by atoms with Crippen LogP contribution in [0.15, 0.2) is 33.2 Å². The van der Waals surface area contributed by atoms with Crippen LogP contribution in [0.4, 0.5) is 10.1 Å². The molecule has 0 aromatic heterocycles. The van der Waals surface area contributed by atoms with Crippen LogP contribution in [0.25, 0.3) is 0 Å². The van der Waals surface area contributed by atoms with E-state index in [0.717, 1.165) is 5.56 Å². The SMILES string of the molecule is CNc1cc(C)cc(COc2c(Br)cc(CC(=O)O)cc2Br)c1F. The number of halogens is 3. The predicted molar refractivity (Wildman–Crippen MR) is 98.2 cm³/mol. The van der Waals surface area contributed by atoms with Gasteiger partial charge in [-0.2, -0.15) is 0 Å². The number of carboxylic acids is 1. The number of carboxylic acid groups (broad SMARTS) is 1. The summed E-state index contributed by atoms with van der Waals surface area (Å²) in [5, 5.41) is 11.7. The fraction of sp³-hybridized carbons (Fsp3) is 0.235. The molecule has 0 fully saturated rings. The Hall–Kier alpha value is -1.60. The number of ether oxygens (including phenoxy) is 1. The highest BCUT2D eigenvalue weighted by molar-refractivity contribution is 9.11. The average Bonchev–Trinajstić information content (AvgIpc) is 2.48. The third-order valence-corrected chi connectivity index (χ3v) is 4.53. The van der Waals surface area contributed by atoms with E-state index < -0.39 is 5.97 Å². The van der Waals surface area contributed by atoms with Gasteiger partial charge in [0, 0.05) is 12.6 Å². The summed E-state index contributed by atoms with van der Waals surface area (Å²) in [5.74, 6) is -0.766. The third kappa shape index (κ3) is 4.48. The Balaban J connectivity index is 2.24. The predicted octanol–water partition coefficient (Wildman–Crippen LogP) is 4.91. The number of rotatable bonds is 6. The monoisotopic (exact) mass is 459 g/mol. The Morgan fingerprint density at radius 2 is 1.88 bits per heavy atom. The van der Waals surface area contributed by atoms with Crippen LogP contribution < -0.4 is 10.1 Å². The van der Waals surface area contributed by atoms with Crippen LogP contribution in [-0.4, -0.2) is 18.1 Å². The van der Waals surface area contributed by atoms with Crippen molar-refractivity contribution in [1.82, 2.24) is 0 Å². The fourth-order valence-electron chi connectivity index (χ4n) is 2.31. The fourth-order valence-corrected chi connectivity index (χ4v) is 3.82. The van der Waals surface area contributed by atoms with Gasteiger partial charge in [0.25, 0.3) is 0 Å². The van der Waals surface area contributed by atoms with Crippen LogP contribution in [0.2, 0.25) is 0 Å². The summed E-state index contributed by atoms with van der Waals surface area (Å²) in [6.45, 7) is 1.94. The quantitative estimate of drug-likeness (QED) is 0.643. The summed E-state index contributed by atoms with van der Waals surface area (Å²) in [6.07, 6.45) is -0.0878. The molecule has 4 nitrogen and oxygen atoms in total. The molecule has 0 aliphatic rings. The van der Waals surface area contributed by atoms with Crippen LogP contribution in [-0.2, 0) is 17.8 Å². The van der Waals surface area contributed by atoms with Crippen molar-refractivity contribution in [2.75, 3.05) is 12.4 Å². The molecule has 128 valence electrons. The average molecular weight is 461 g/mol. The molecule has 7 heteroatoms. The molecule has 0 radical (unpaired) electrons. The Labute approximate surface area is 156 Å².